The van der Waals surface area contributed by atoms with Crippen LogP contribution < -0.4 is 5.32 Å². The Hall–Kier alpha value is -1.66. The van der Waals surface area contributed by atoms with Gasteiger partial charge in [-0.25, -0.2) is 0 Å². The zero-order chi connectivity index (χ0) is 47.9. The van der Waals surface area contributed by atoms with Crippen molar-refractivity contribution in [2.24, 2.45) is 0 Å². The van der Waals surface area contributed by atoms with Crippen molar-refractivity contribution < 1.29 is 24.5 Å². The molecule has 0 aliphatic heterocycles. The molecule has 6 nitrogen and oxygen atoms in total. The highest BCUT2D eigenvalue weighted by Gasteiger charge is 2.20. The standard InChI is InChI=1S/C60H115NO5/c1-3-5-7-9-11-13-15-16-17-26-29-33-36-40-44-48-52-58(63)57(56-62)61-59(64)53-49-45-41-37-34-30-27-24-22-20-18-19-21-23-25-28-31-35-39-43-47-51-55-66-60(65)54-50-46-42-38-32-14-12-10-8-6-4-2/h10,12,20,22,57-58,62-63H,3-9,11,13-19,21,23-56H2,1-2H3,(H,61,64)/b12-10-,22-20-. The van der Waals surface area contributed by atoms with Crippen LogP contribution in [0.5, 0.6) is 0 Å². The van der Waals surface area contributed by atoms with Crippen molar-refractivity contribution in [3.63, 3.8) is 0 Å². The normalized spacial score (nSPS) is 12.7. The summed E-state index contributed by atoms with van der Waals surface area (Å²) in [4.78, 5) is 24.5. The number of hydrogen-bond donors (Lipinski definition) is 3. The van der Waals surface area contributed by atoms with Crippen LogP contribution >= 0.6 is 0 Å². The van der Waals surface area contributed by atoms with E-state index in [0.29, 0.717) is 25.9 Å². The lowest BCUT2D eigenvalue weighted by atomic mass is 10.0. The highest BCUT2D eigenvalue weighted by molar-refractivity contribution is 5.76. The third-order valence-electron chi connectivity index (χ3n) is 13.7. The zero-order valence-corrected chi connectivity index (χ0v) is 44.4. The monoisotopic (exact) mass is 930 g/mol. The van der Waals surface area contributed by atoms with Gasteiger partial charge in [-0.15, -0.1) is 0 Å². The first-order chi connectivity index (χ1) is 32.5. The zero-order valence-electron chi connectivity index (χ0n) is 44.4. The van der Waals surface area contributed by atoms with Crippen LogP contribution in [-0.4, -0.2) is 47.4 Å². The Bertz CT molecular complexity index is 1030. The lowest BCUT2D eigenvalue weighted by molar-refractivity contribution is -0.143. The summed E-state index contributed by atoms with van der Waals surface area (Å²) in [5, 5.41) is 23.3. The smallest absolute Gasteiger partial charge is 0.305 e. The van der Waals surface area contributed by atoms with Gasteiger partial charge < -0.3 is 20.3 Å². The fourth-order valence-corrected chi connectivity index (χ4v) is 9.15. The highest BCUT2D eigenvalue weighted by Crippen LogP contribution is 2.17. The van der Waals surface area contributed by atoms with Crippen LogP contribution in [0.1, 0.15) is 322 Å². The average molecular weight is 931 g/mol. The Morgan fingerprint density at radius 1 is 0.409 bits per heavy atom. The van der Waals surface area contributed by atoms with E-state index >= 15 is 0 Å². The van der Waals surface area contributed by atoms with Gasteiger partial charge in [0.15, 0.2) is 0 Å². The van der Waals surface area contributed by atoms with E-state index < -0.39 is 12.1 Å². The molecule has 390 valence electrons. The van der Waals surface area contributed by atoms with Crippen LogP contribution in [0.25, 0.3) is 0 Å². The summed E-state index contributed by atoms with van der Waals surface area (Å²) in [6.45, 7) is 4.92. The van der Waals surface area contributed by atoms with Crippen molar-refractivity contribution >= 4 is 11.9 Å². The summed E-state index contributed by atoms with van der Waals surface area (Å²) in [5.74, 6) is -0.0413. The molecule has 3 N–H and O–H groups in total. The van der Waals surface area contributed by atoms with Crippen LogP contribution in [0.4, 0.5) is 0 Å². The van der Waals surface area contributed by atoms with Crippen molar-refractivity contribution in [1.29, 1.82) is 0 Å². The van der Waals surface area contributed by atoms with Gasteiger partial charge in [-0.1, -0.05) is 263 Å². The lowest BCUT2D eigenvalue weighted by Crippen LogP contribution is -2.45. The Labute approximate surface area is 411 Å². The molecule has 0 saturated carbocycles. The Morgan fingerprint density at radius 3 is 1.12 bits per heavy atom. The minimum atomic E-state index is -0.668. The Balaban J connectivity index is 3.43. The third-order valence-corrected chi connectivity index (χ3v) is 13.7. The number of allylic oxidation sites excluding steroid dienone is 4. The summed E-state index contributed by atoms with van der Waals surface area (Å²) in [6.07, 6.45) is 67.5. The van der Waals surface area contributed by atoms with Crippen LogP contribution in [0.2, 0.25) is 0 Å². The Kier molecular flexibility index (Phi) is 54.5. The summed E-state index contributed by atoms with van der Waals surface area (Å²) < 4.78 is 5.45. The fraction of sp³-hybridized carbons (Fsp3) is 0.900. The minimum absolute atomic E-state index is 0.000995. The predicted octanol–water partition coefficient (Wildman–Crippen LogP) is 18.2. The van der Waals surface area contributed by atoms with Crippen LogP contribution in [0.3, 0.4) is 0 Å². The number of aliphatic hydroxyl groups excluding tert-OH is 2. The molecule has 0 saturated heterocycles. The second kappa shape index (κ2) is 55.9. The quantitative estimate of drug-likeness (QED) is 0.0321. The minimum Gasteiger partial charge on any atom is -0.466 e. The van der Waals surface area contributed by atoms with E-state index in [0.717, 1.165) is 44.9 Å². The average Bonchev–Trinajstić information content (AvgIpc) is 3.32. The summed E-state index contributed by atoms with van der Waals surface area (Å²) in [7, 11) is 0. The maximum atomic E-state index is 12.5. The van der Waals surface area contributed by atoms with Crippen LogP contribution in [0, 0.1) is 0 Å². The molecular weight excluding hydrogens is 815 g/mol. The van der Waals surface area contributed by atoms with Crippen LogP contribution in [-0.2, 0) is 14.3 Å². The van der Waals surface area contributed by atoms with E-state index in [2.05, 4.69) is 43.5 Å². The first-order valence-electron chi connectivity index (χ1n) is 29.6. The van der Waals surface area contributed by atoms with Crippen LogP contribution in [0.15, 0.2) is 24.3 Å². The molecule has 1 amide bonds. The molecule has 0 radical (unpaired) electrons. The number of esters is 1. The molecule has 0 fully saturated rings. The van der Waals surface area contributed by atoms with Crippen molar-refractivity contribution in [2.75, 3.05) is 13.2 Å². The van der Waals surface area contributed by atoms with Gasteiger partial charge in [0.05, 0.1) is 25.4 Å². The van der Waals surface area contributed by atoms with Crippen molar-refractivity contribution in [3.8, 4) is 0 Å². The Morgan fingerprint density at radius 2 is 0.727 bits per heavy atom. The predicted molar refractivity (Wildman–Crippen MR) is 287 cm³/mol. The number of hydrogen-bond acceptors (Lipinski definition) is 5. The number of nitrogens with one attached hydrogen (secondary N) is 1. The lowest BCUT2D eigenvalue weighted by Gasteiger charge is -2.22. The molecule has 0 rings (SSSR count). The molecule has 0 heterocycles. The molecule has 2 unspecified atom stereocenters. The van der Waals surface area contributed by atoms with E-state index in [9.17, 15) is 19.8 Å². The molecule has 6 heteroatoms. The van der Waals surface area contributed by atoms with Gasteiger partial charge in [-0.05, 0) is 70.6 Å². The summed E-state index contributed by atoms with van der Waals surface area (Å²) in [5.41, 5.74) is 0. The second-order valence-corrected chi connectivity index (χ2v) is 20.3. The third kappa shape index (κ3) is 51.7. The molecule has 0 aliphatic carbocycles. The summed E-state index contributed by atoms with van der Waals surface area (Å²) in [6, 6.07) is -0.546. The molecule has 0 aliphatic rings. The molecule has 66 heavy (non-hydrogen) atoms. The largest absolute Gasteiger partial charge is 0.466 e. The van der Waals surface area contributed by atoms with Gasteiger partial charge in [0, 0.05) is 12.8 Å². The maximum absolute atomic E-state index is 12.5. The molecule has 0 bridgehead atoms. The van der Waals surface area contributed by atoms with Gasteiger partial charge >= 0.3 is 5.97 Å². The van der Waals surface area contributed by atoms with Gasteiger partial charge in [0.1, 0.15) is 0 Å². The molecule has 0 spiro atoms. The van der Waals surface area contributed by atoms with Crippen molar-refractivity contribution in [3.05, 3.63) is 24.3 Å². The van der Waals surface area contributed by atoms with Crippen molar-refractivity contribution in [2.45, 2.75) is 334 Å². The van der Waals surface area contributed by atoms with Gasteiger partial charge in [-0.2, -0.15) is 0 Å². The number of carbonyl (C=O) groups excluding carboxylic acids is 2. The topological polar surface area (TPSA) is 95.9 Å². The van der Waals surface area contributed by atoms with Gasteiger partial charge in [0.2, 0.25) is 5.91 Å². The maximum Gasteiger partial charge on any atom is 0.305 e. The molecule has 0 aromatic rings. The molecule has 0 aromatic carbocycles. The van der Waals surface area contributed by atoms with E-state index in [4.69, 9.17) is 4.74 Å². The summed E-state index contributed by atoms with van der Waals surface area (Å²) >= 11 is 0. The SMILES string of the molecule is CCCC/C=C\CCCCCCCC(=O)OCCCCCCCCCCCCC/C=C\CCCCCCCCCC(=O)NC(CO)C(O)CCCCCCCCCCCCCCCCCC. The number of amides is 1. The van der Waals surface area contributed by atoms with E-state index in [1.165, 1.54) is 244 Å². The van der Waals surface area contributed by atoms with E-state index in [1.54, 1.807) is 0 Å². The van der Waals surface area contributed by atoms with Gasteiger partial charge in [-0.3, -0.25) is 9.59 Å². The fourth-order valence-electron chi connectivity index (χ4n) is 9.15. The first kappa shape index (κ1) is 64.3. The van der Waals surface area contributed by atoms with E-state index in [1.807, 2.05) is 0 Å². The first-order valence-corrected chi connectivity index (χ1v) is 29.6. The molecule has 0 aromatic heterocycles. The molecule has 2 atom stereocenters. The molecular formula is C60H115NO5. The number of unbranched alkanes of at least 4 members (excludes halogenated alkanes) is 40. The number of rotatable bonds is 55. The number of ether oxygens (including phenoxy) is 1. The van der Waals surface area contributed by atoms with Gasteiger partial charge in [0.25, 0.3) is 0 Å². The van der Waals surface area contributed by atoms with Crippen molar-refractivity contribution in [1.82, 2.24) is 5.32 Å². The number of aliphatic hydroxyl groups is 2. The number of carbonyl (C=O) groups is 2. The second-order valence-electron chi connectivity index (χ2n) is 20.3. The highest BCUT2D eigenvalue weighted by atomic mass is 16.5. The van der Waals surface area contributed by atoms with E-state index in [-0.39, 0.29) is 18.5 Å².